The van der Waals surface area contributed by atoms with Gasteiger partial charge in [0.15, 0.2) is 0 Å². The first-order valence-electron chi connectivity index (χ1n) is 9.59. The molecule has 2 aliphatic carbocycles. The maximum atomic E-state index is 12.4. The van der Waals surface area contributed by atoms with Gasteiger partial charge in [-0.1, -0.05) is 74.2 Å². The lowest BCUT2D eigenvalue weighted by molar-refractivity contribution is -0.143. The zero-order chi connectivity index (χ0) is 17.9. The molecule has 3 rings (SSSR count). The van der Waals surface area contributed by atoms with Crippen molar-refractivity contribution in [2.24, 2.45) is 11.8 Å². The molecular formula is C21H28Cl2O2. The predicted octanol–water partition coefficient (Wildman–Crippen LogP) is 6.56. The zero-order valence-electron chi connectivity index (χ0n) is 15.0. The molecule has 1 aromatic carbocycles. The van der Waals surface area contributed by atoms with Gasteiger partial charge in [-0.25, -0.2) is 0 Å². The molecule has 0 N–H and O–H groups in total. The van der Waals surface area contributed by atoms with Crippen molar-refractivity contribution >= 4 is 29.2 Å². The quantitative estimate of drug-likeness (QED) is 0.550. The van der Waals surface area contributed by atoms with Gasteiger partial charge in [-0.3, -0.25) is 4.79 Å². The van der Waals surface area contributed by atoms with Crippen molar-refractivity contribution in [3.05, 3.63) is 33.8 Å². The molecule has 138 valence electrons. The van der Waals surface area contributed by atoms with Crippen LogP contribution in [0.1, 0.15) is 69.8 Å². The van der Waals surface area contributed by atoms with Crippen molar-refractivity contribution in [1.82, 2.24) is 0 Å². The smallest absolute Gasteiger partial charge is 0.306 e. The molecule has 2 unspecified atom stereocenters. The van der Waals surface area contributed by atoms with Crippen LogP contribution in [0, 0.1) is 11.8 Å². The summed E-state index contributed by atoms with van der Waals surface area (Å²) < 4.78 is 5.09. The van der Waals surface area contributed by atoms with Crippen molar-refractivity contribution in [2.45, 2.75) is 69.6 Å². The van der Waals surface area contributed by atoms with E-state index in [2.05, 4.69) is 6.07 Å². The summed E-state index contributed by atoms with van der Waals surface area (Å²) >= 11 is 12.5. The lowest BCUT2D eigenvalue weighted by Crippen LogP contribution is -2.44. The Bertz CT molecular complexity index is 610. The summed E-state index contributed by atoms with van der Waals surface area (Å²) in [4.78, 5) is 12.4. The first-order chi connectivity index (χ1) is 12.1. The van der Waals surface area contributed by atoms with Gasteiger partial charge in [0.1, 0.15) is 0 Å². The summed E-state index contributed by atoms with van der Waals surface area (Å²) in [5, 5.41) is 1.15. The molecule has 0 saturated heterocycles. The molecule has 0 aliphatic heterocycles. The second-order valence-electron chi connectivity index (χ2n) is 7.79. The Balaban J connectivity index is 2.03. The van der Waals surface area contributed by atoms with Crippen molar-refractivity contribution in [1.29, 1.82) is 0 Å². The Kier molecular flexibility index (Phi) is 6.33. The summed E-state index contributed by atoms with van der Waals surface area (Å²) in [5.74, 6) is 1.11. The molecular weight excluding hydrogens is 355 g/mol. The number of esters is 1. The van der Waals surface area contributed by atoms with Crippen LogP contribution >= 0.6 is 23.2 Å². The molecule has 25 heavy (non-hydrogen) atoms. The summed E-state index contributed by atoms with van der Waals surface area (Å²) in [6.45, 7) is 0. The van der Waals surface area contributed by atoms with Gasteiger partial charge in [-0.05, 0) is 42.4 Å². The van der Waals surface area contributed by atoms with Crippen molar-refractivity contribution in [3.8, 4) is 0 Å². The molecule has 4 heteroatoms. The normalized spacial score (nSPS) is 27.9. The highest BCUT2D eigenvalue weighted by molar-refractivity contribution is 6.42. The Labute approximate surface area is 161 Å². The van der Waals surface area contributed by atoms with Crippen LogP contribution in [0.2, 0.25) is 10.0 Å². The average molecular weight is 383 g/mol. The molecule has 2 atom stereocenters. The van der Waals surface area contributed by atoms with Crippen LogP contribution in [0.5, 0.6) is 0 Å². The first kappa shape index (κ1) is 19.0. The van der Waals surface area contributed by atoms with Gasteiger partial charge >= 0.3 is 5.97 Å². The van der Waals surface area contributed by atoms with Crippen LogP contribution in [0.15, 0.2) is 18.2 Å². The monoisotopic (exact) mass is 382 g/mol. The van der Waals surface area contributed by atoms with Crippen LogP contribution in [-0.4, -0.2) is 13.1 Å². The van der Waals surface area contributed by atoms with E-state index in [1.807, 2.05) is 12.1 Å². The molecule has 2 nitrogen and oxygen atoms in total. The molecule has 2 fully saturated rings. The number of carbonyl (C=O) groups excluding carboxylic acids is 1. The third-order valence-electron chi connectivity index (χ3n) is 6.50. The maximum absolute atomic E-state index is 12.4. The fraction of sp³-hybridized carbons (Fsp3) is 0.667. The van der Waals surface area contributed by atoms with Gasteiger partial charge in [0.05, 0.1) is 23.6 Å². The highest BCUT2D eigenvalue weighted by Gasteiger charge is 2.47. The fourth-order valence-corrected chi connectivity index (χ4v) is 5.60. The molecule has 0 bridgehead atoms. The third kappa shape index (κ3) is 4.01. The van der Waals surface area contributed by atoms with E-state index in [0.29, 0.717) is 28.3 Å². The molecule has 0 amide bonds. The molecule has 2 aliphatic rings. The Morgan fingerprint density at radius 3 is 2.48 bits per heavy atom. The molecule has 2 saturated carbocycles. The summed E-state index contributed by atoms with van der Waals surface area (Å²) in [6.07, 6.45) is 11.6. The van der Waals surface area contributed by atoms with E-state index in [9.17, 15) is 4.79 Å². The Hall–Kier alpha value is -0.730. The van der Waals surface area contributed by atoms with E-state index in [4.69, 9.17) is 27.9 Å². The lowest BCUT2D eigenvalue weighted by Gasteiger charge is -2.49. The maximum Gasteiger partial charge on any atom is 0.306 e. The van der Waals surface area contributed by atoms with E-state index in [-0.39, 0.29) is 11.4 Å². The third-order valence-corrected chi connectivity index (χ3v) is 7.24. The van der Waals surface area contributed by atoms with E-state index in [0.717, 1.165) is 12.8 Å². The number of methoxy groups -OCH3 is 1. The number of carbonyl (C=O) groups is 1. The summed E-state index contributed by atoms with van der Waals surface area (Å²) in [7, 11) is 1.49. The van der Waals surface area contributed by atoms with Gasteiger partial charge in [0, 0.05) is 5.41 Å². The number of hydrogen-bond acceptors (Lipinski definition) is 2. The van der Waals surface area contributed by atoms with Crippen LogP contribution in [0.3, 0.4) is 0 Å². The van der Waals surface area contributed by atoms with Crippen molar-refractivity contribution in [3.63, 3.8) is 0 Å². The minimum absolute atomic E-state index is 0.117. The van der Waals surface area contributed by atoms with Crippen LogP contribution in [0.4, 0.5) is 0 Å². The van der Waals surface area contributed by atoms with Gasteiger partial charge in [0.25, 0.3) is 0 Å². The number of hydrogen-bond donors (Lipinski definition) is 0. The minimum Gasteiger partial charge on any atom is -0.469 e. The standard InChI is InChI=1S/C21H28Cl2O2/c1-25-20(24)14-21(16-10-11-18(22)19(23)13-16)12-6-5-9-17(21)15-7-3-2-4-8-15/h10-11,13,15,17H,2-9,12,14H2,1H3. The van der Waals surface area contributed by atoms with E-state index in [1.165, 1.54) is 57.6 Å². The van der Waals surface area contributed by atoms with E-state index in [1.54, 1.807) is 0 Å². The molecule has 0 spiro atoms. The fourth-order valence-electron chi connectivity index (χ4n) is 5.31. The van der Waals surface area contributed by atoms with Crippen molar-refractivity contribution in [2.75, 3.05) is 7.11 Å². The van der Waals surface area contributed by atoms with Gasteiger partial charge in [-0.15, -0.1) is 0 Å². The highest BCUT2D eigenvalue weighted by Crippen LogP contribution is 2.53. The van der Waals surface area contributed by atoms with Gasteiger partial charge in [0.2, 0.25) is 0 Å². The average Bonchev–Trinajstić information content (AvgIpc) is 2.65. The number of halogens is 2. The summed E-state index contributed by atoms with van der Waals surface area (Å²) in [5.41, 5.74) is 1.00. The second kappa shape index (κ2) is 8.31. The second-order valence-corrected chi connectivity index (χ2v) is 8.60. The van der Waals surface area contributed by atoms with E-state index < -0.39 is 0 Å². The largest absolute Gasteiger partial charge is 0.469 e. The van der Waals surface area contributed by atoms with Crippen LogP contribution in [-0.2, 0) is 14.9 Å². The molecule has 0 radical (unpaired) electrons. The molecule has 0 heterocycles. The lowest BCUT2D eigenvalue weighted by atomic mass is 9.55. The van der Waals surface area contributed by atoms with E-state index >= 15 is 0 Å². The number of rotatable bonds is 4. The zero-order valence-corrected chi connectivity index (χ0v) is 16.5. The number of benzene rings is 1. The molecule has 1 aromatic rings. The SMILES string of the molecule is COC(=O)CC1(c2ccc(Cl)c(Cl)c2)CCCCC1C1CCCCC1. The number of ether oxygens (including phenoxy) is 1. The van der Waals surface area contributed by atoms with Crippen molar-refractivity contribution < 1.29 is 9.53 Å². The van der Waals surface area contributed by atoms with Crippen LogP contribution in [0.25, 0.3) is 0 Å². The topological polar surface area (TPSA) is 26.3 Å². The highest BCUT2D eigenvalue weighted by atomic mass is 35.5. The first-order valence-corrected chi connectivity index (χ1v) is 10.3. The Morgan fingerprint density at radius 1 is 1.08 bits per heavy atom. The Morgan fingerprint density at radius 2 is 1.80 bits per heavy atom. The predicted molar refractivity (Wildman–Crippen MR) is 103 cm³/mol. The minimum atomic E-state index is -0.165. The summed E-state index contributed by atoms with van der Waals surface area (Å²) in [6, 6.07) is 5.96. The van der Waals surface area contributed by atoms with Crippen LogP contribution < -0.4 is 0 Å². The van der Waals surface area contributed by atoms with Gasteiger partial charge < -0.3 is 4.74 Å². The molecule has 0 aromatic heterocycles. The van der Waals surface area contributed by atoms with Gasteiger partial charge in [-0.2, -0.15) is 0 Å².